The average molecular weight is 413 g/mol. The fraction of sp³-hybridized carbons (Fsp3) is 0.250. The quantitative estimate of drug-likeness (QED) is 0.491. The monoisotopic (exact) mass is 412 g/mol. The molecule has 1 aliphatic carbocycles. The molecule has 1 amide bonds. The summed E-state index contributed by atoms with van der Waals surface area (Å²) in [5, 5.41) is 11.1. The lowest BCUT2D eigenvalue weighted by atomic mass is 10.2. The predicted molar refractivity (Wildman–Crippen MR) is 110 cm³/mol. The number of thiophene rings is 1. The molecule has 142 valence electrons. The molecule has 4 aromatic rings. The molecule has 1 aromatic carbocycles. The van der Waals surface area contributed by atoms with E-state index in [1.165, 1.54) is 47.6 Å². The first-order valence-corrected chi connectivity index (χ1v) is 10.7. The van der Waals surface area contributed by atoms with Crippen molar-refractivity contribution in [2.45, 2.75) is 32.2 Å². The van der Waals surface area contributed by atoms with Crippen LogP contribution in [0.5, 0.6) is 0 Å². The first-order valence-electron chi connectivity index (χ1n) is 9.05. The van der Waals surface area contributed by atoms with Gasteiger partial charge in [-0.3, -0.25) is 14.8 Å². The second-order valence-corrected chi connectivity index (χ2v) is 8.89. The van der Waals surface area contributed by atoms with Crippen molar-refractivity contribution in [2.24, 2.45) is 0 Å². The van der Waals surface area contributed by atoms with E-state index in [0.717, 1.165) is 27.2 Å². The number of carbonyl (C=O) groups is 1. The van der Waals surface area contributed by atoms with E-state index in [9.17, 15) is 9.18 Å². The van der Waals surface area contributed by atoms with Gasteiger partial charge in [-0.25, -0.2) is 9.37 Å². The van der Waals surface area contributed by atoms with Crippen LogP contribution in [0.2, 0.25) is 0 Å². The lowest BCUT2D eigenvalue weighted by Crippen LogP contribution is -2.10. The maximum absolute atomic E-state index is 13.1. The molecule has 0 spiro atoms. The molecular weight excluding hydrogens is 395 g/mol. The highest BCUT2D eigenvalue weighted by molar-refractivity contribution is 7.20. The third-order valence-corrected chi connectivity index (χ3v) is 6.74. The van der Waals surface area contributed by atoms with Gasteiger partial charge >= 0.3 is 0 Å². The normalized spacial score (nSPS) is 13.9. The highest BCUT2D eigenvalue weighted by Crippen LogP contribution is 2.41. The number of aryl methyl sites for hydroxylation is 1. The summed E-state index contributed by atoms with van der Waals surface area (Å²) in [6, 6.07) is 8.27. The van der Waals surface area contributed by atoms with Gasteiger partial charge in [0.25, 0.3) is 5.91 Å². The van der Waals surface area contributed by atoms with E-state index in [4.69, 9.17) is 0 Å². The van der Waals surface area contributed by atoms with Gasteiger partial charge < -0.3 is 0 Å². The minimum Gasteiger partial charge on any atom is -0.297 e. The summed E-state index contributed by atoms with van der Waals surface area (Å²) in [6.07, 6.45) is 2.38. The van der Waals surface area contributed by atoms with Crippen molar-refractivity contribution >= 4 is 43.9 Å². The molecule has 0 atom stereocenters. The third kappa shape index (κ3) is 3.33. The molecule has 1 N–H and O–H groups in total. The molecule has 3 aromatic heterocycles. The van der Waals surface area contributed by atoms with Crippen LogP contribution in [0.4, 0.5) is 9.52 Å². The molecule has 1 aliphatic rings. The zero-order valence-electron chi connectivity index (χ0n) is 15.1. The van der Waals surface area contributed by atoms with E-state index in [1.807, 2.05) is 23.1 Å². The summed E-state index contributed by atoms with van der Waals surface area (Å²) in [4.78, 5) is 18.8. The second-order valence-electron chi connectivity index (χ2n) is 7.00. The topological polar surface area (TPSA) is 59.8 Å². The first-order chi connectivity index (χ1) is 13.6. The molecule has 0 saturated heterocycles. The maximum Gasteiger partial charge on any atom is 0.267 e. The number of thiazole rings is 1. The van der Waals surface area contributed by atoms with Crippen LogP contribution >= 0.6 is 22.7 Å². The summed E-state index contributed by atoms with van der Waals surface area (Å²) >= 11 is 2.88. The first kappa shape index (κ1) is 17.5. The summed E-state index contributed by atoms with van der Waals surface area (Å²) < 4.78 is 15.0. The molecule has 28 heavy (non-hydrogen) atoms. The summed E-state index contributed by atoms with van der Waals surface area (Å²) in [5.74, 6) is 0.171. The average Bonchev–Trinajstić information content (AvgIpc) is 3.14. The van der Waals surface area contributed by atoms with Crippen LogP contribution in [-0.4, -0.2) is 20.7 Å². The zero-order chi connectivity index (χ0) is 19.3. The Morgan fingerprint density at radius 2 is 2.11 bits per heavy atom. The number of nitrogens with one attached hydrogen (secondary N) is 1. The Hall–Kier alpha value is -2.58. The Bertz CT molecular complexity index is 1170. The Morgan fingerprint density at radius 1 is 1.32 bits per heavy atom. The highest BCUT2D eigenvalue weighted by Gasteiger charge is 2.26. The van der Waals surface area contributed by atoms with Crippen molar-refractivity contribution < 1.29 is 9.18 Å². The van der Waals surface area contributed by atoms with Gasteiger partial charge in [-0.15, -0.1) is 22.7 Å². The number of benzene rings is 1. The maximum atomic E-state index is 13.1. The minimum atomic E-state index is -0.257. The Morgan fingerprint density at radius 3 is 2.86 bits per heavy atom. The van der Waals surface area contributed by atoms with Gasteiger partial charge in [0, 0.05) is 16.7 Å². The van der Waals surface area contributed by atoms with E-state index in [1.54, 1.807) is 12.1 Å². The lowest BCUT2D eigenvalue weighted by Gasteiger charge is -2.03. The number of amides is 1. The number of hydrogen-bond donors (Lipinski definition) is 1. The van der Waals surface area contributed by atoms with Crippen molar-refractivity contribution in [3.63, 3.8) is 0 Å². The van der Waals surface area contributed by atoms with Gasteiger partial charge in [0.15, 0.2) is 5.13 Å². The molecule has 8 heteroatoms. The summed E-state index contributed by atoms with van der Waals surface area (Å²) in [6.45, 7) is 2.46. The molecule has 1 saturated carbocycles. The lowest BCUT2D eigenvalue weighted by molar-refractivity contribution is 0.103. The molecule has 3 heterocycles. The van der Waals surface area contributed by atoms with E-state index < -0.39 is 0 Å². The molecule has 0 aliphatic heterocycles. The van der Waals surface area contributed by atoms with E-state index in [-0.39, 0.29) is 11.7 Å². The van der Waals surface area contributed by atoms with Gasteiger partial charge in [-0.1, -0.05) is 12.1 Å². The SMILES string of the molecule is Cc1nn(Cc2ccc(F)cc2)c2sc(C(=O)Nc3nc(C4CC4)cs3)cc12. The Balaban J connectivity index is 1.39. The van der Waals surface area contributed by atoms with Gasteiger partial charge in [-0.2, -0.15) is 5.10 Å². The van der Waals surface area contributed by atoms with Crippen molar-refractivity contribution in [3.8, 4) is 0 Å². The van der Waals surface area contributed by atoms with Crippen LogP contribution in [0.15, 0.2) is 35.7 Å². The number of fused-ring (bicyclic) bond motifs is 1. The molecule has 1 fully saturated rings. The van der Waals surface area contributed by atoms with Crippen molar-refractivity contribution in [1.82, 2.24) is 14.8 Å². The summed E-state index contributed by atoms with van der Waals surface area (Å²) in [5.41, 5.74) is 2.92. The van der Waals surface area contributed by atoms with Crippen molar-refractivity contribution in [1.29, 1.82) is 0 Å². The third-order valence-electron chi connectivity index (χ3n) is 4.81. The van der Waals surface area contributed by atoms with Crippen molar-refractivity contribution in [2.75, 3.05) is 5.32 Å². The van der Waals surface area contributed by atoms with Crippen molar-refractivity contribution in [3.05, 3.63) is 63.4 Å². The number of halogens is 1. The number of hydrogen-bond acceptors (Lipinski definition) is 5. The van der Waals surface area contributed by atoms with Crippen LogP contribution in [0.3, 0.4) is 0 Å². The number of anilines is 1. The molecule has 5 rings (SSSR count). The smallest absolute Gasteiger partial charge is 0.267 e. The number of carbonyl (C=O) groups excluding carboxylic acids is 1. The van der Waals surface area contributed by atoms with Crippen LogP contribution in [0, 0.1) is 12.7 Å². The van der Waals surface area contributed by atoms with E-state index >= 15 is 0 Å². The van der Waals surface area contributed by atoms with Crippen LogP contribution in [0.25, 0.3) is 10.2 Å². The van der Waals surface area contributed by atoms with Gasteiger partial charge in [0.05, 0.1) is 22.8 Å². The van der Waals surface area contributed by atoms with Gasteiger partial charge in [0.1, 0.15) is 10.6 Å². The second kappa shape index (κ2) is 6.79. The standard InChI is InChI=1S/C20H17FN4OS2/c1-11-15-8-17(18(26)23-20-22-16(10-27-20)13-4-5-13)28-19(15)25(24-11)9-12-2-6-14(21)7-3-12/h2-3,6-8,10,13H,4-5,9H2,1H3,(H,22,23,26). The fourth-order valence-electron chi connectivity index (χ4n) is 3.16. The van der Waals surface area contributed by atoms with Gasteiger partial charge in [0.2, 0.25) is 0 Å². The molecule has 5 nitrogen and oxygen atoms in total. The fourth-order valence-corrected chi connectivity index (χ4v) is 5.01. The highest BCUT2D eigenvalue weighted by atomic mass is 32.1. The van der Waals surface area contributed by atoms with Crippen LogP contribution in [0.1, 0.15) is 45.4 Å². The zero-order valence-corrected chi connectivity index (χ0v) is 16.7. The summed E-state index contributed by atoms with van der Waals surface area (Å²) in [7, 11) is 0. The number of nitrogens with zero attached hydrogens (tertiary/aromatic N) is 3. The van der Waals surface area contributed by atoms with Crippen LogP contribution < -0.4 is 5.32 Å². The van der Waals surface area contributed by atoms with Gasteiger partial charge in [-0.05, 0) is 43.5 Å². The molecular formula is C20H17FN4OS2. The number of aromatic nitrogens is 3. The van der Waals surface area contributed by atoms with E-state index in [2.05, 4.69) is 15.4 Å². The molecule has 0 bridgehead atoms. The largest absolute Gasteiger partial charge is 0.297 e. The predicted octanol–water partition coefficient (Wildman–Crippen LogP) is 5.18. The van der Waals surface area contributed by atoms with Crippen LogP contribution in [-0.2, 0) is 6.54 Å². The van der Waals surface area contributed by atoms with E-state index in [0.29, 0.717) is 22.5 Å². The molecule has 0 unspecified atom stereocenters. The molecule has 0 radical (unpaired) electrons. The Kier molecular flexibility index (Phi) is 4.25. The number of rotatable bonds is 5. The minimum absolute atomic E-state index is 0.148. The Labute approximate surface area is 168 Å².